The number of ether oxygens (including phenoxy) is 1. The van der Waals surface area contributed by atoms with Crippen LogP contribution in [0, 0.1) is 17.1 Å². The summed E-state index contributed by atoms with van der Waals surface area (Å²) < 4.78 is 22.2. The van der Waals surface area contributed by atoms with Crippen LogP contribution in [0.4, 0.5) is 10.2 Å². The lowest BCUT2D eigenvalue weighted by Gasteiger charge is -2.32. The summed E-state index contributed by atoms with van der Waals surface area (Å²) in [5.74, 6) is 1.16. The van der Waals surface area contributed by atoms with Crippen molar-refractivity contribution in [1.82, 2.24) is 29.4 Å². The second-order valence-electron chi connectivity index (χ2n) is 10.4. The Bertz CT molecular complexity index is 1770. The smallest absolute Gasteiger partial charge is 0.234 e. The number of hydrogen-bond acceptors (Lipinski definition) is 8. The lowest BCUT2D eigenvalue weighted by Crippen LogP contribution is -2.38. The summed E-state index contributed by atoms with van der Waals surface area (Å²) in [6.45, 7) is 2.94. The molecule has 1 N–H and O–H groups in total. The summed E-state index contributed by atoms with van der Waals surface area (Å²) >= 11 is 0. The molecule has 0 atom stereocenters. The number of pyridine rings is 1. The molecule has 0 radical (unpaired) electrons. The molecule has 208 valence electrons. The highest BCUT2D eigenvalue weighted by Crippen LogP contribution is 2.41. The molecule has 0 bridgehead atoms. The number of hydrogen-bond donors (Lipinski definition) is 1. The summed E-state index contributed by atoms with van der Waals surface area (Å²) in [4.78, 5) is 20.0. The molecule has 2 aliphatic heterocycles. The number of piperidine rings is 1. The molecule has 42 heavy (non-hydrogen) atoms. The van der Waals surface area contributed by atoms with Crippen molar-refractivity contribution in [1.29, 1.82) is 5.26 Å². The highest BCUT2D eigenvalue weighted by atomic mass is 19.1. The van der Waals surface area contributed by atoms with E-state index in [9.17, 15) is 4.39 Å². The molecule has 9 nitrogen and oxygen atoms in total. The lowest BCUT2D eigenvalue weighted by atomic mass is 10.0. The average Bonchev–Trinajstić information content (AvgIpc) is 3.43. The number of anilines is 1. The Hall–Kier alpha value is -5.14. The molecule has 2 aromatic carbocycles. The quantitative estimate of drug-likeness (QED) is 0.291. The van der Waals surface area contributed by atoms with Gasteiger partial charge in [0.1, 0.15) is 11.9 Å². The van der Waals surface area contributed by atoms with E-state index in [1.54, 1.807) is 12.3 Å². The molecule has 0 amide bonds. The van der Waals surface area contributed by atoms with Crippen molar-refractivity contribution in [2.75, 3.05) is 18.4 Å². The first-order valence-corrected chi connectivity index (χ1v) is 13.9. The third-order valence-electron chi connectivity index (χ3n) is 7.75. The van der Waals surface area contributed by atoms with Crippen molar-refractivity contribution in [3.63, 3.8) is 0 Å². The first kappa shape index (κ1) is 25.8. The molecule has 0 unspecified atom stereocenters. The van der Waals surface area contributed by atoms with E-state index in [-0.39, 0.29) is 18.3 Å². The van der Waals surface area contributed by atoms with Gasteiger partial charge >= 0.3 is 0 Å². The van der Waals surface area contributed by atoms with E-state index < -0.39 is 5.82 Å². The number of benzene rings is 2. The van der Waals surface area contributed by atoms with Crippen LogP contribution in [0.5, 0.6) is 5.75 Å². The number of nitriles is 1. The van der Waals surface area contributed by atoms with Gasteiger partial charge in [-0.05, 0) is 30.5 Å². The largest absolute Gasteiger partial charge is 0.467 e. The topological polar surface area (TPSA) is 105 Å². The Balaban J connectivity index is 1.09. The second kappa shape index (κ2) is 11.0. The molecule has 1 saturated heterocycles. The maximum absolute atomic E-state index is 14.5. The van der Waals surface area contributed by atoms with E-state index >= 15 is 0 Å². The van der Waals surface area contributed by atoms with Crippen LogP contribution in [-0.2, 0) is 13.3 Å². The highest BCUT2D eigenvalue weighted by molar-refractivity contribution is 5.83. The predicted octanol–water partition coefficient (Wildman–Crippen LogP) is 5.51. The standard InChI is InChI=1S/C32H27FN8O/c33-25-10-14-36-29-31(25)42-20-41-30(23-4-2-1-3-5-23)28(39-32(29)41)22-8-6-21(7-9-22)19-40-16-12-24(13-17-40)37-26-11-15-35-27(18-34)38-26/h1-11,14-15,24H,12-13,16-17,19-20H2,(H,35,37,38). The lowest BCUT2D eigenvalue weighted by molar-refractivity contribution is 0.211. The van der Waals surface area contributed by atoms with Crippen molar-refractivity contribution in [3.05, 3.63) is 96.3 Å². The van der Waals surface area contributed by atoms with Crippen molar-refractivity contribution < 1.29 is 9.13 Å². The number of halogens is 1. The minimum absolute atomic E-state index is 0.138. The van der Waals surface area contributed by atoms with Gasteiger partial charge in [-0.3, -0.25) is 9.47 Å². The molecule has 0 aliphatic carbocycles. The number of nitrogens with zero attached hydrogens (tertiary/aromatic N) is 7. The number of fused-ring (bicyclic) bond motifs is 3. The van der Waals surface area contributed by atoms with Gasteiger partial charge in [-0.25, -0.2) is 24.3 Å². The molecular formula is C32H27FN8O. The van der Waals surface area contributed by atoms with E-state index in [0.29, 0.717) is 23.4 Å². The van der Waals surface area contributed by atoms with Gasteiger partial charge in [0.25, 0.3) is 0 Å². The van der Waals surface area contributed by atoms with Gasteiger partial charge in [-0.15, -0.1) is 0 Å². The summed E-state index contributed by atoms with van der Waals surface area (Å²) in [7, 11) is 0. The maximum Gasteiger partial charge on any atom is 0.234 e. The normalized spacial score (nSPS) is 14.9. The zero-order valence-corrected chi connectivity index (χ0v) is 22.7. The van der Waals surface area contributed by atoms with Crippen LogP contribution in [0.3, 0.4) is 0 Å². The molecule has 0 spiro atoms. The molecule has 3 aromatic heterocycles. The summed E-state index contributed by atoms with van der Waals surface area (Å²) in [5.41, 5.74) is 5.33. The monoisotopic (exact) mass is 558 g/mol. The number of imidazole rings is 1. The molecule has 7 rings (SSSR count). The third kappa shape index (κ3) is 4.95. The first-order chi connectivity index (χ1) is 20.7. The van der Waals surface area contributed by atoms with E-state index in [0.717, 1.165) is 55.0 Å². The third-order valence-corrected chi connectivity index (χ3v) is 7.75. The molecule has 1 fully saturated rings. The van der Waals surface area contributed by atoms with Crippen molar-refractivity contribution in [3.8, 4) is 45.9 Å². The van der Waals surface area contributed by atoms with Gasteiger partial charge in [0, 0.05) is 49.2 Å². The molecule has 0 saturated carbocycles. The first-order valence-electron chi connectivity index (χ1n) is 13.9. The molecule has 2 aliphatic rings. The van der Waals surface area contributed by atoms with Crippen LogP contribution >= 0.6 is 0 Å². The van der Waals surface area contributed by atoms with Crippen LogP contribution in [0.2, 0.25) is 0 Å². The molecule has 5 aromatic rings. The molecule has 10 heteroatoms. The Kier molecular flexibility index (Phi) is 6.78. The maximum atomic E-state index is 14.5. The minimum atomic E-state index is -0.441. The summed E-state index contributed by atoms with van der Waals surface area (Å²) in [6, 6.07) is 24.0. The van der Waals surface area contributed by atoms with Gasteiger partial charge < -0.3 is 10.1 Å². The van der Waals surface area contributed by atoms with Crippen molar-refractivity contribution in [2.24, 2.45) is 0 Å². The Labute approximate surface area is 242 Å². The Morgan fingerprint density at radius 3 is 2.48 bits per heavy atom. The van der Waals surface area contributed by atoms with Crippen LogP contribution in [0.15, 0.2) is 79.1 Å². The summed E-state index contributed by atoms with van der Waals surface area (Å²) in [6.07, 6.45) is 5.03. The van der Waals surface area contributed by atoms with Crippen molar-refractivity contribution in [2.45, 2.75) is 32.2 Å². The number of rotatable bonds is 6. The average molecular weight is 559 g/mol. The van der Waals surface area contributed by atoms with Gasteiger partial charge in [0.05, 0.1) is 11.4 Å². The van der Waals surface area contributed by atoms with Crippen molar-refractivity contribution >= 4 is 5.82 Å². The number of likely N-dealkylation sites (tertiary alicyclic amines) is 1. The van der Waals surface area contributed by atoms with Gasteiger partial charge in [-0.1, -0.05) is 54.6 Å². The highest BCUT2D eigenvalue weighted by Gasteiger charge is 2.29. The number of nitrogens with one attached hydrogen (secondary N) is 1. The fourth-order valence-electron chi connectivity index (χ4n) is 5.66. The van der Waals surface area contributed by atoms with Crippen LogP contribution in [0.1, 0.15) is 24.2 Å². The zero-order valence-electron chi connectivity index (χ0n) is 22.7. The van der Waals surface area contributed by atoms with Gasteiger partial charge in [-0.2, -0.15) is 5.26 Å². The second-order valence-corrected chi connectivity index (χ2v) is 10.4. The van der Waals surface area contributed by atoms with Crippen LogP contribution in [0.25, 0.3) is 34.0 Å². The number of aromatic nitrogens is 5. The predicted molar refractivity (Wildman–Crippen MR) is 156 cm³/mol. The molecule has 5 heterocycles. The van der Waals surface area contributed by atoms with Crippen LogP contribution in [-0.4, -0.2) is 48.5 Å². The summed E-state index contributed by atoms with van der Waals surface area (Å²) in [5, 5.41) is 12.5. The van der Waals surface area contributed by atoms with Crippen LogP contribution < -0.4 is 10.1 Å². The fraction of sp³-hybridized carbons (Fsp3) is 0.219. The van der Waals surface area contributed by atoms with E-state index in [2.05, 4.69) is 49.4 Å². The van der Waals surface area contributed by atoms with E-state index in [1.807, 2.05) is 41.0 Å². The van der Waals surface area contributed by atoms with Gasteiger partial charge in [0.2, 0.25) is 5.82 Å². The van der Waals surface area contributed by atoms with E-state index in [4.69, 9.17) is 15.0 Å². The molecular weight excluding hydrogens is 531 g/mol. The fourth-order valence-corrected chi connectivity index (χ4v) is 5.66. The Morgan fingerprint density at radius 1 is 0.905 bits per heavy atom. The zero-order chi connectivity index (χ0) is 28.5. The van der Waals surface area contributed by atoms with Gasteiger partial charge in [0.15, 0.2) is 29.8 Å². The minimum Gasteiger partial charge on any atom is -0.467 e. The van der Waals surface area contributed by atoms with E-state index in [1.165, 1.54) is 17.8 Å². The Morgan fingerprint density at radius 2 is 1.69 bits per heavy atom. The SMILES string of the molecule is N#Cc1nccc(NC2CCN(Cc3ccc(-c4nc5n(c4-c4ccccc4)COc4c(F)ccnc4-5)cc3)CC2)n1.